The summed E-state index contributed by atoms with van der Waals surface area (Å²) in [6, 6.07) is 31.9. The summed E-state index contributed by atoms with van der Waals surface area (Å²) in [4.78, 5) is 6.84. The molecule has 5 rings (SSSR count). The minimum absolute atomic E-state index is 0.276. The Kier molecular flexibility index (Phi) is 3.65. The van der Waals surface area contributed by atoms with Crippen molar-refractivity contribution in [3.63, 3.8) is 0 Å². The minimum atomic E-state index is -0.556. The van der Waals surface area contributed by atoms with E-state index < -0.39 is 5.60 Å². The van der Waals surface area contributed by atoms with Crippen LogP contribution in [0.2, 0.25) is 0 Å². The molecule has 0 amide bonds. The van der Waals surface area contributed by atoms with Crippen molar-refractivity contribution in [2.75, 3.05) is 5.06 Å². The molecule has 128 valence electrons. The Labute approximate surface area is 154 Å². The molecule has 0 N–H and O–H groups in total. The van der Waals surface area contributed by atoms with E-state index in [4.69, 9.17) is 4.84 Å². The predicted octanol–water partition coefficient (Wildman–Crippen LogP) is 5.47. The summed E-state index contributed by atoms with van der Waals surface area (Å²) in [6.07, 6.45) is 4.56. The molecule has 0 radical (unpaired) electrons. The summed E-state index contributed by atoms with van der Waals surface area (Å²) in [6.45, 7) is 0. The lowest BCUT2D eigenvalue weighted by Gasteiger charge is -2.31. The molecule has 1 saturated heterocycles. The zero-order valence-electron chi connectivity index (χ0n) is 14.6. The first-order valence-corrected chi connectivity index (χ1v) is 9.24. The summed E-state index contributed by atoms with van der Waals surface area (Å²) >= 11 is 0. The molecule has 0 spiro atoms. The van der Waals surface area contributed by atoms with Crippen LogP contribution in [0.15, 0.2) is 103 Å². The smallest absolute Gasteiger partial charge is 0.169 e. The number of anilines is 1. The molecule has 1 aliphatic carbocycles. The van der Waals surface area contributed by atoms with Crippen LogP contribution in [0, 0.1) is 0 Å². The molecule has 1 unspecified atom stereocenters. The monoisotopic (exact) mass is 339 g/mol. The van der Waals surface area contributed by atoms with Gasteiger partial charge in [-0.05, 0) is 41.7 Å². The second-order valence-electron chi connectivity index (χ2n) is 6.92. The average molecular weight is 339 g/mol. The van der Waals surface area contributed by atoms with E-state index in [1.54, 1.807) is 0 Å². The fraction of sp³-hybridized carbons (Fsp3) is 0.167. The number of allylic oxidation sites excluding steroid dienone is 1. The van der Waals surface area contributed by atoms with Gasteiger partial charge in [0.15, 0.2) is 5.60 Å². The minimum Gasteiger partial charge on any atom is -0.252 e. The molecular weight excluding hydrogens is 318 g/mol. The second-order valence-corrected chi connectivity index (χ2v) is 6.92. The summed E-state index contributed by atoms with van der Waals surface area (Å²) in [5, 5.41) is 2.12. The Balaban J connectivity index is 1.72. The van der Waals surface area contributed by atoms with E-state index in [-0.39, 0.29) is 6.04 Å². The average Bonchev–Trinajstić information content (AvgIpc) is 3.32. The molecule has 0 aromatic heterocycles. The van der Waals surface area contributed by atoms with Crippen LogP contribution in [0.3, 0.4) is 0 Å². The van der Waals surface area contributed by atoms with Gasteiger partial charge < -0.3 is 0 Å². The van der Waals surface area contributed by atoms with Crippen LogP contribution < -0.4 is 5.06 Å². The first kappa shape index (κ1) is 15.4. The van der Waals surface area contributed by atoms with E-state index in [1.165, 1.54) is 16.7 Å². The molecule has 2 aliphatic rings. The molecule has 2 nitrogen and oxygen atoms in total. The number of hydroxylamine groups is 1. The third-order valence-corrected chi connectivity index (χ3v) is 5.46. The maximum atomic E-state index is 6.84. The van der Waals surface area contributed by atoms with Gasteiger partial charge in [0.1, 0.15) is 0 Å². The van der Waals surface area contributed by atoms with E-state index in [2.05, 4.69) is 96.1 Å². The number of benzene rings is 3. The molecule has 2 heteroatoms. The molecule has 1 atom stereocenters. The van der Waals surface area contributed by atoms with Crippen LogP contribution >= 0.6 is 0 Å². The van der Waals surface area contributed by atoms with E-state index in [0.29, 0.717) is 0 Å². The Morgan fingerprint density at radius 2 is 1.27 bits per heavy atom. The normalized spacial score (nSPS) is 20.7. The van der Waals surface area contributed by atoms with Crippen LogP contribution in [0.25, 0.3) is 0 Å². The highest BCUT2D eigenvalue weighted by Gasteiger charge is 2.53. The highest BCUT2D eigenvalue weighted by molar-refractivity contribution is 5.58. The van der Waals surface area contributed by atoms with E-state index in [1.807, 2.05) is 6.07 Å². The van der Waals surface area contributed by atoms with Gasteiger partial charge in [-0.1, -0.05) is 84.9 Å². The third-order valence-electron chi connectivity index (χ3n) is 5.46. The van der Waals surface area contributed by atoms with E-state index >= 15 is 0 Å². The zero-order valence-corrected chi connectivity index (χ0v) is 14.6. The lowest BCUT2D eigenvalue weighted by Crippen LogP contribution is -2.31. The van der Waals surface area contributed by atoms with Gasteiger partial charge in [-0.2, -0.15) is 0 Å². The Morgan fingerprint density at radius 3 is 1.85 bits per heavy atom. The van der Waals surface area contributed by atoms with Crippen LogP contribution in [0.1, 0.15) is 24.0 Å². The maximum Gasteiger partial charge on any atom is 0.169 e. The predicted molar refractivity (Wildman–Crippen MR) is 105 cm³/mol. The number of nitrogens with zero attached hydrogens (tertiary/aromatic N) is 1. The quantitative estimate of drug-likeness (QED) is 0.587. The van der Waals surface area contributed by atoms with E-state index in [9.17, 15) is 0 Å². The Hall–Kier alpha value is -2.84. The van der Waals surface area contributed by atoms with E-state index in [0.717, 1.165) is 18.5 Å². The standard InChI is InChI=1S/C24H21NO/c1-4-11-19(12-5-1)24(20-13-6-2-7-14-20)22-17-10-18-23(22)25(26-24)21-15-8-3-9-16-21/h1-9,11-17,23H,10,18H2. The van der Waals surface area contributed by atoms with Crippen LogP contribution in [-0.4, -0.2) is 6.04 Å². The molecular formula is C24H21NO. The van der Waals surface area contributed by atoms with Crippen molar-refractivity contribution in [2.24, 2.45) is 0 Å². The van der Waals surface area contributed by atoms with Crippen molar-refractivity contribution in [1.82, 2.24) is 0 Å². The highest BCUT2D eigenvalue weighted by atomic mass is 16.7. The number of fused-ring (bicyclic) bond motifs is 1. The molecule has 26 heavy (non-hydrogen) atoms. The molecule has 1 aliphatic heterocycles. The van der Waals surface area contributed by atoms with Gasteiger partial charge in [0.25, 0.3) is 0 Å². The summed E-state index contributed by atoms with van der Waals surface area (Å²) in [5.41, 5.74) is 4.28. The van der Waals surface area contributed by atoms with Crippen molar-refractivity contribution < 1.29 is 4.84 Å². The van der Waals surface area contributed by atoms with Crippen molar-refractivity contribution in [3.8, 4) is 0 Å². The van der Waals surface area contributed by atoms with Gasteiger partial charge in [0, 0.05) is 0 Å². The summed E-state index contributed by atoms with van der Waals surface area (Å²) < 4.78 is 0. The third kappa shape index (κ3) is 2.23. The largest absolute Gasteiger partial charge is 0.252 e. The zero-order chi connectivity index (χ0) is 17.4. The van der Waals surface area contributed by atoms with Gasteiger partial charge in [-0.3, -0.25) is 4.84 Å². The van der Waals surface area contributed by atoms with Crippen molar-refractivity contribution >= 4 is 5.69 Å². The summed E-state index contributed by atoms with van der Waals surface area (Å²) in [7, 11) is 0. The van der Waals surface area contributed by atoms with Crippen LogP contribution in [0.5, 0.6) is 0 Å². The first-order valence-electron chi connectivity index (χ1n) is 9.24. The number of hydrogen-bond acceptors (Lipinski definition) is 2. The van der Waals surface area contributed by atoms with Crippen LogP contribution in [-0.2, 0) is 10.4 Å². The molecule has 1 fully saturated rings. The Bertz CT molecular complexity index is 879. The van der Waals surface area contributed by atoms with Crippen molar-refractivity contribution in [2.45, 2.75) is 24.5 Å². The summed E-state index contributed by atoms with van der Waals surface area (Å²) in [5.74, 6) is 0. The fourth-order valence-corrected chi connectivity index (χ4v) is 4.33. The maximum absolute atomic E-state index is 6.84. The molecule has 1 heterocycles. The van der Waals surface area contributed by atoms with Crippen molar-refractivity contribution in [1.29, 1.82) is 0 Å². The first-order chi connectivity index (χ1) is 12.9. The van der Waals surface area contributed by atoms with Gasteiger partial charge in [0.2, 0.25) is 0 Å². The second kappa shape index (κ2) is 6.15. The lowest BCUT2D eigenvalue weighted by molar-refractivity contribution is 0.0283. The highest BCUT2D eigenvalue weighted by Crippen LogP contribution is 2.53. The SMILES string of the molecule is C1=C2C(CC1)N(c1ccccc1)OC2(c1ccccc1)c1ccccc1. The molecule has 3 aromatic carbocycles. The van der Waals surface area contributed by atoms with Gasteiger partial charge in [-0.25, -0.2) is 5.06 Å². The van der Waals surface area contributed by atoms with Gasteiger partial charge in [-0.15, -0.1) is 0 Å². The fourth-order valence-electron chi connectivity index (χ4n) is 4.33. The topological polar surface area (TPSA) is 12.5 Å². The number of rotatable bonds is 3. The van der Waals surface area contributed by atoms with Gasteiger partial charge in [0.05, 0.1) is 11.7 Å². The van der Waals surface area contributed by atoms with Crippen LogP contribution in [0.4, 0.5) is 5.69 Å². The number of hydrogen-bond donors (Lipinski definition) is 0. The molecule has 3 aromatic rings. The van der Waals surface area contributed by atoms with Crippen molar-refractivity contribution in [3.05, 3.63) is 114 Å². The molecule has 0 bridgehead atoms. The Morgan fingerprint density at radius 1 is 0.731 bits per heavy atom. The van der Waals surface area contributed by atoms with Gasteiger partial charge >= 0.3 is 0 Å². The lowest BCUT2D eigenvalue weighted by atomic mass is 9.79. The number of para-hydroxylation sites is 1. The molecule has 0 saturated carbocycles.